The van der Waals surface area contributed by atoms with E-state index < -0.39 is 0 Å². The van der Waals surface area contributed by atoms with Crippen molar-refractivity contribution in [2.24, 2.45) is 5.92 Å². The molecule has 1 unspecified atom stereocenters. The molecule has 0 spiro atoms. The van der Waals surface area contributed by atoms with Gasteiger partial charge in [-0.15, -0.1) is 0 Å². The summed E-state index contributed by atoms with van der Waals surface area (Å²) in [6.07, 6.45) is 5.72. The average Bonchev–Trinajstić information content (AvgIpc) is 4.16. The Morgan fingerprint density at radius 1 is 0.366 bits per heavy atom. The summed E-state index contributed by atoms with van der Waals surface area (Å²) in [6.45, 7) is 2.33. The van der Waals surface area contributed by atoms with Gasteiger partial charge in [-0.1, -0.05) is 153 Å². The first kappa shape index (κ1) is 39.8. The molecule has 71 heavy (non-hydrogen) atoms. The van der Waals surface area contributed by atoms with Crippen LogP contribution in [0.5, 0.6) is 0 Å². The molecule has 15 rings (SSSR count). The molecule has 5 heterocycles. The van der Waals surface area contributed by atoms with Crippen LogP contribution in [0, 0.1) is 5.92 Å². The van der Waals surface area contributed by atoms with Crippen LogP contribution in [0.25, 0.3) is 128 Å². The molecule has 0 amide bonds. The number of rotatable bonds is 6. The summed E-state index contributed by atoms with van der Waals surface area (Å²) < 4.78 is 9.95. The second kappa shape index (κ2) is 15.4. The molecule has 1 aliphatic carbocycles. The van der Waals surface area contributed by atoms with Gasteiger partial charge in [-0.2, -0.15) is 0 Å². The van der Waals surface area contributed by atoms with Crippen molar-refractivity contribution in [2.45, 2.75) is 13.3 Å². The second-order valence-corrected chi connectivity index (χ2v) is 19.2. The monoisotopic (exact) mass is 907 g/mol. The third kappa shape index (κ3) is 5.90. The van der Waals surface area contributed by atoms with Crippen molar-refractivity contribution < 1.29 is 0 Å². The smallest absolute Gasteiger partial charge is 0.0710 e. The molecule has 334 valence electrons. The maximum Gasteiger partial charge on any atom is 0.0710 e. The summed E-state index contributed by atoms with van der Waals surface area (Å²) in [5, 5.41) is 8.75. The molecule has 0 saturated carbocycles. The Hall–Kier alpha value is -9.19. The van der Waals surface area contributed by atoms with Crippen molar-refractivity contribution in [2.75, 3.05) is 0 Å². The molecule has 0 saturated heterocycles. The zero-order valence-electron chi connectivity index (χ0n) is 39.0. The number of hydrogen-bond acceptors (Lipinski definition) is 1. The van der Waals surface area contributed by atoms with E-state index in [1.807, 2.05) is 0 Å². The highest BCUT2D eigenvalue weighted by molar-refractivity contribution is 6.26. The molecular formula is C66H45N5. The highest BCUT2D eigenvalue weighted by Crippen LogP contribution is 2.45. The summed E-state index contributed by atoms with van der Waals surface area (Å²) >= 11 is 0. The van der Waals surface area contributed by atoms with Crippen LogP contribution in [-0.2, 0) is 6.42 Å². The standard InChI is InChI=1S/C66H45N5/c1-42-33-36-60-54(39-42)51-35-38-62-64(66(51)70(60)46-22-14-19-44(40-46)56-29-16-28-55(67-56)43-17-4-2-5-18-43)53-27-10-13-32-59(53)69(62)47-23-15-24-48(41-47)71-57-30-11-8-25-49(57)50-34-37-61-63(65(50)71)52-26-9-12-31-58(52)68(61)45-20-6-3-7-21-45/h2-38,40-42H,39H2,1H3. The maximum atomic E-state index is 5.19. The number of hydrogen-bond donors (Lipinski definition) is 0. The number of nitrogens with zero attached hydrogens (tertiary/aromatic N) is 5. The summed E-state index contributed by atoms with van der Waals surface area (Å²) in [6, 6.07) is 81.8. The van der Waals surface area contributed by atoms with E-state index >= 15 is 0 Å². The Labute approximate surface area is 410 Å². The summed E-state index contributed by atoms with van der Waals surface area (Å²) in [4.78, 5) is 5.19. The normalized spacial score (nSPS) is 13.7. The largest absolute Gasteiger partial charge is 0.309 e. The van der Waals surface area contributed by atoms with Crippen LogP contribution in [-0.4, -0.2) is 23.3 Å². The predicted molar refractivity (Wildman–Crippen MR) is 297 cm³/mol. The first-order chi connectivity index (χ1) is 35.2. The van der Waals surface area contributed by atoms with Crippen molar-refractivity contribution in [1.29, 1.82) is 0 Å². The molecular weight excluding hydrogens is 863 g/mol. The minimum absolute atomic E-state index is 0.439. The number of para-hydroxylation sites is 4. The van der Waals surface area contributed by atoms with Gasteiger partial charge in [-0.3, -0.25) is 0 Å². The summed E-state index contributed by atoms with van der Waals surface area (Å²) in [7, 11) is 0. The van der Waals surface area contributed by atoms with Gasteiger partial charge >= 0.3 is 0 Å². The molecule has 5 aromatic heterocycles. The fourth-order valence-corrected chi connectivity index (χ4v) is 12.1. The van der Waals surface area contributed by atoms with Crippen molar-refractivity contribution in [1.82, 2.24) is 23.3 Å². The van der Waals surface area contributed by atoms with Gasteiger partial charge in [0.2, 0.25) is 0 Å². The van der Waals surface area contributed by atoms with Gasteiger partial charge in [0.05, 0.1) is 50.0 Å². The van der Waals surface area contributed by atoms with Crippen molar-refractivity contribution in [3.05, 3.63) is 242 Å². The predicted octanol–water partition coefficient (Wildman–Crippen LogP) is 16.9. The van der Waals surface area contributed by atoms with E-state index in [0.29, 0.717) is 5.92 Å². The van der Waals surface area contributed by atoms with Gasteiger partial charge in [0.25, 0.3) is 0 Å². The van der Waals surface area contributed by atoms with E-state index in [4.69, 9.17) is 4.98 Å². The SMILES string of the molecule is CC1C=Cc2c(c3ccc4c(c5ccccc5n4-c4cccc(-n5c6ccccc6c6ccc7c(c8ccccc8n7-c7ccccc7)c65)c4)c3n2-c2cccc(-c3cccc(-c4ccccc4)n3)c2)C1. The number of benzene rings is 9. The van der Waals surface area contributed by atoms with Crippen LogP contribution < -0.4 is 0 Å². The molecule has 5 nitrogen and oxygen atoms in total. The molecule has 1 aliphatic rings. The quantitative estimate of drug-likeness (QED) is 0.164. The van der Waals surface area contributed by atoms with Gasteiger partial charge in [-0.25, -0.2) is 4.98 Å². The molecule has 9 aromatic carbocycles. The molecule has 5 heteroatoms. The van der Waals surface area contributed by atoms with Gasteiger partial charge in [-0.05, 0) is 109 Å². The lowest BCUT2D eigenvalue weighted by atomic mass is 9.93. The van der Waals surface area contributed by atoms with E-state index in [1.54, 1.807) is 0 Å². The van der Waals surface area contributed by atoms with Gasteiger partial charge < -0.3 is 18.3 Å². The average molecular weight is 908 g/mol. The van der Waals surface area contributed by atoms with Crippen LogP contribution in [0.15, 0.2) is 231 Å². The zero-order chi connectivity index (χ0) is 46.7. The minimum atomic E-state index is 0.439. The third-order valence-corrected chi connectivity index (χ3v) is 15.1. The number of allylic oxidation sites excluding steroid dienone is 1. The number of pyridine rings is 1. The first-order valence-electron chi connectivity index (χ1n) is 24.7. The van der Waals surface area contributed by atoms with Crippen LogP contribution in [0.3, 0.4) is 0 Å². The van der Waals surface area contributed by atoms with Crippen LogP contribution in [0.1, 0.15) is 18.2 Å². The van der Waals surface area contributed by atoms with Gasteiger partial charge in [0, 0.05) is 77.3 Å². The van der Waals surface area contributed by atoms with Gasteiger partial charge in [0.15, 0.2) is 0 Å². The Morgan fingerprint density at radius 3 is 1.56 bits per heavy atom. The number of fused-ring (bicyclic) bond motifs is 14. The van der Waals surface area contributed by atoms with E-state index in [2.05, 4.69) is 262 Å². The second-order valence-electron chi connectivity index (χ2n) is 19.2. The summed E-state index contributed by atoms with van der Waals surface area (Å²) in [5.74, 6) is 0.439. The van der Waals surface area contributed by atoms with Crippen molar-refractivity contribution in [3.63, 3.8) is 0 Å². The summed E-state index contributed by atoms with van der Waals surface area (Å²) in [5.41, 5.74) is 19.6. The van der Waals surface area contributed by atoms with Crippen LogP contribution in [0.2, 0.25) is 0 Å². The molecule has 14 aromatic rings. The molecule has 0 bridgehead atoms. The molecule has 0 aliphatic heterocycles. The zero-order valence-corrected chi connectivity index (χ0v) is 39.0. The molecule has 0 radical (unpaired) electrons. The lowest BCUT2D eigenvalue weighted by Crippen LogP contribution is -2.05. The minimum Gasteiger partial charge on any atom is -0.309 e. The van der Waals surface area contributed by atoms with E-state index in [-0.39, 0.29) is 0 Å². The lowest BCUT2D eigenvalue weighted by molar-refractivity contribution is 0.718. The third-order valence-electron chi connectivity index (χ3n) is 15.1. The Morgan fingerprint density at radius 2 is 0.859 bits per heavy atom. The maximum absolute atomic E-state index is 5.19. The van der Waals surface area contributed by atoms with E-state index in [1.165, 1.54) is 87.6 Å². The van der Waals surface area contributed by atoms with Crippen LogP contribution >= 0.6 is 0 Å². The van der Waals surface area contributed by atoms with Crippen LogP contribution in [0.4, 0.5) is 0 Å². The highest BCUT2D eigenvalue weighted by Gasteiger charge is 2.27. The Bertz CT molecular complexity index is 4500. The van der Waals surface area contributed by atoms with E-state index in [9.17, 15) is 0 Å². The highest BCUT2D eigenvalue weighted by atomic mass is 15.0. The molecule has 0 fully saturated rings. The van der Waals surface area contributed by atoms with Gasteiger partial charge in [0.1, 0.15) is 0 Å². The Kier molecular flexibility index (Phi) is 8.63. The lowest BCUT2D eigenvalue weighted by Gasteiger charge is -2.16. The van der Waals surface area contributed by atoms with E-state index in [0.717, 1.165) is 51.7 Å². The fraction of sp³-hybridized carbons (Fsp3) is 0.0455. The fourth-order valence-electron chi connectivity index (χ4n) is 12.1. The van der Waals surface area contributed by atoms with Crippen molar-refractivity contribution in [3.8, 4) is 45.3 Å². The number of aromatic nitrogens is 5. The molecule has 1 atom stereocenters. The Balaban J connectivity index is 0.970. The molecule has 0 N–H and O–H groups in total. The topological polar surface area (TPSA) is 32.6 Å². The van der Waals surface area contributed by atoms with Crippen molar-refractivity contribution >= 4 is 82.4 Å². The first-order valence-corrected chi connectivity index (χ1v) is 24.7.